The highest BCUT2D eigenvalue weighted by atomic mass is 32.2. The fraction of sp³-hybridized carbons (Fsp3) is 0.423. The Balaban J connectivity index is 1.48. The number of nitrogens with one attached hydrogen (secondary N) is 1. The van der Waals surface area contributed by atoms with Crippen molar-refractivity contribution in [3.8, 4) is 16.9 Å². The molecule has 1 aliphatic rings. The third kappa shape index (κ3) is 5.42. The molecule has 1 saturated heterocycles. The molecule has 12 heteroatoms. The van der Waals surface area contributed by atoms with Gasteiger partial charge in [0.05, 0.1) is 35.7 Å². The molecule has 1 aliphatic heterocycles. The Hall–Kier alpha value is -3.35. The molecule has 4 aromatic heterocycles. The molecule has 0 aliphatic carbocycles. The van der Waals surface area contributed by atoms with E-state index in [0.717, 1.165) is 22.3 Å². The number of hydrogen-bond donors (Lipinski definition) is 2. The maximum atomic E-state index is 14.4. The van der Waals surface area contributed by atoms with E-state index in [1.54, 1.807) is 24.1 Å². The van der Waals surface area contributed by atoms with Crippen LogP contribution in [0.25, 0.3) is 28.0 Å². The molecule has 2 N–H and O–H groups in total. The fourth-order valence-corrected chi connectivity index (χ4v) is 6.60. The minimum absolute atomic E-state index is 0.0164. The zero-order chi connectivity index (χ0) is 26.9. The Morgan fingerprint density at radius 3 is 2.63 bits per heavy atom. The van der Waals surface area contributed by atoms with Gasteiger partial charge in [0.25, 0.3) is 0 Å². The average Bonchev–Trinajstić information content (AvgIpc) is 3.49. The van der Waals surface area contributed by atoms with Crippen LogP contribution in [0.2, 0.25) is 0 Å². The van der Waals surface area contributed by atoms with Crippen LogP contribution < -0.4 is 5.32 Å². The van der Waals surface area contributed by atoms with E-state index in [0.29, 0.717) is 43.6 Å². The van der Waals surface area contributed by atoms with Gasteiger partial charge in [-0.1, -0.05) is 0 Å². The summed E-state index contributed by atoms with van der Waals surface area (Å²) in [4.78, 5) is 11.2. The van der Waals surface area contributed by atoms with Crippen molar-refractivity contribution in [2.24, 2.45) is 7.05 Å². The lowest BCUT2D eigenvalue weighted by molar-refractivity contribution is 0.143. The Labute approximate surface area is 221 Å². The number of hydrogen-bond acceptors (Lipinski definition) is 8. The maximum absolute atomic E-state index is 14.4. The summed E-state index contributed by atoms with van der Waals surface area (Å²) in [6.07, 6.45) is 9.18. The second-order valence-electron chi connectivity index (χ2n) is 9.66. The Morgan fingerprint density at radius 1 is 1.18 bits per heavy atom. The van der Waals surface area contributed by atoms with Gasteiger partial charge < -0.3 is 10.4 Å². The van der Waals surface area contributed by atoms with E-state index in [2.05, 4.69) is 20.3 Å². The van der Waals surface area contributed by atoms with Gasteiger partial charge in [-0.15, -0.1) is 0 Å². The second-order valence-corrected chi connectivity index (χ2v) is 12.0. The van der Waals surface area contributed by atoms with Crippen molar-refractivity contribution < 1.29 is 17.9 Å². The Morgan fingerprint density at radius 2 is 1.97 bits per heavy atom. The van der Waals surface area contributed by atoms with Gasteiger partial charge >= 0.3 is 0 Å². The summed E-state index contributed by atoms with van der Waals surface area (Å²) in [6, 6.07) is 5.41. The summed E-state index contributed by atoms with van der Waals surface area (Å²) < 4.78 is 41.9. The van der Waals surface area contributed by atoms with Crippen molar-refractivity contribution in [3.05, 3.63) is 54.4 Å². The molecule has 0 amide bonds. The minimum Gasteiger partial charge on any atom is -0.395 e. The maximum Gasteiger partial charge on any atom is 0.166 e. The first-order valence-electron chi connectivity index (χ1n) is 12.7. The van der Waals surface area contributed by atoms with Crippen LogP contribution in [0.15, 0.2) is 43.0 Å². The molecule has 0 bridgehead atoms. The zero-order valence-corrected chi connectivity index (χ0v) is 22.3. The van der Waals surface area contributed by atoms with Crippen LogP contribution in [0, 0.1) is 5.82 Å². The molecule has 0 radical (unpaired) electrons. The molecule has 0 atom stereocenters. The number of aliphatic hydroxyl groups is 1. The predicted molar refractivity (Wildman–Crippen MR) is 145 cm³/mol. The molecule has 5 rings (SSSR count). The van der Waals surface area contributed by atoms with Gasteiger partial charge in [0.2, 0.25) is 0 Å². The Bertz CT molecular complexity index is 1540. The van der Waals surface area contributed by atoms with Gasteiger partial charge in [-0.05, 0) is 43.0 Å². The average molecular weight is 542 g/mol. The molecular formula is C26H32FN7O3S. The number of rotatable bonds is 9. The van der Waals surface area contributed by atoms with E-state index >= 15 is 0 Å². The van der Waals surface area contributed by atoms with Crippen molar-refractivity contribution in [2.75, 3.05) is 43.6 Å². The van der Waals surface area contributed by atoms with E-state index in [1.165, 1.54) is 6.07 Å². The van der Waals surface area contributed by atoms with E-state index in [1.807, 2.05) is 36.1 Å². The van der Waals surface area contributed by atoms with Crippen molar-refractivity contribution in [3.63, 3.8) is 0 Å². The number of pyridine rings is 2. The first-order chi connectivity index (χ1) is 18.3. The highest BCUT2D eigenvalue weighted by Gasteiger charge is 2.28. The summed E-state index contributed by atoms with van der Waals surface area (Å²) in [5.41, 5.74) is 3.83. The van der Waals surface area contributed by atoms with Crippen molar-refractivity contribution in [1.82, 2.24) is 29.2 Å². The molecule has 1 fully saturated rings. The molecular weight excluding hydrogens is 509 g/mol. The normalized spacial score (nSPS) is 15.9. The topological polar surface area (TPSA) is 118 Å². The van der Waals surface area contributed by atoms with Crippen LogP contribution in [-0.2, 0) is 23.3 Å². The van der Waals surface area contributed by atoms with E-state index in [9.17, 15) is 17.9 Å². The smallest absolute Gasteiger partial charge is 0.166 e. The lowest BCUT2D eigenvalue weighted by Crippen LogP contribution is -2.43. The fourth-order valence-electron chi connectivity index (χ4n) is 5.13. The SMILES string of the molecule is CNc1ncc(-c2ccc3c(CCN(CCO)C4CCS(=O)(=O)CC4)cn(-c4cnn(C)c4)c3n2)cc1F. The summed E-state index contributed by atoms with van der Waals surface area (Å²) >= 11 is 0. The number of sulfone groups is 1. The molecule has 4 aromatic rings. The zero-order valence-electron chi connectivity index (χ0n) is 21.5. The van der Waals surface area contributed by atoms with Crippen LogP contribution >= 0.6 is 0 Å². The first kappa shape index (κ1) is 26.3. The molecule has 0 unspecified atom stereocenters. The lowest BCUT2D eigenvalue weighted by atomic mass is 10.1. The quantitative estimate of drug-likeness (QED) is 0.332. The molecule has 0 aromatic carbocycles. The predicted octanol–water partition coefficient (Wildman–Crippen LogP) is 2.42. The molecule has 0 spiro atoms. The van der Waals surface area contributed by atoms with E-state index in [-0.39, 0.29) is 30.0 Å². The standard InChI is InChI=1S/C26H32FN7O3S/c1-28-25-23(27)13-19(14-29-25)24-4-3-22-18(16-34(26(22)31-24)21-15-30-32(2)17-21)5-8-33(9-10-35)20-6-11-38(36,37)12-7-20/h3-4,13-17,20,35H,5-12H2,1-2H3,(H,28,29). The third-order valence-electron chi connectivity index (χ3n) is 7.17. The van der Waals surface area contributed by atoms with Crippen LogP contribution in [0.4, 0.5) is 10.2 Å². The number of anilines is 1. The third-order valence-corrected chi connectivity index (χ3v) is 8.89. The minimum atomic E-state index is -2.96. The molecule has 5 heterocycles. The Kier molecular flexibility index (Phi) is 7.46. The molecule has 0 saturated carbocycles. The van der Waals surface area contributed by atoms with Crippen molar-refractivity contribution in [2.45, 2.75) is 25.3 Å². The molecule has 202 valence electrons. The van der Waals surface area contributed by atoms with Crippen LogP contribution in [0.1, 0.15) is 18.4 Å². The number of nitrogens with zero attached hydrogens (tertiary/aromatic N) is 6. The van der Waals surface area contributed by atoms with Gasteiger partial charge in [-0.2, -0.15) is 5.10 Å². The van der Waals surface area contributed by atoms with Crippen molar-refractivity contribution in [1.29, 1.82) is 0 Å². The number of halogens is 1. The number of aromatic nitrogens is 5. The van der Waals surface area contributed by atoms with Gasteiger partial charge in [0, 0.05) is 62.8 Å². The summed E-state index contributed by atoms with van der Waals surface area (Å²) in [5, 5.41) is 17.7. The van der Waals surface area contributed by atoms with Gasteiger partial charge in [-0.25, -0.2) is 22.8 Å². The highest BCUT2D eigenvalue weighted by molar-refractivity contribution is 7.91. The lowest BCUT2D eigenvalue weighted by Gasteiger charge is -2.33. The van der Waals surface area contributed by atoms with Crippen LogP contribution in [0.5, 0.6) is 0 Å². The number of aryl methyl sites for hydroxylation is 1. The van der Waals surface area contributed by atoms with Gasteiger partial charge in [-0.3, -0.25) is 14.1 Å². The summed E-state index contributed by atoms with van der Waals surface area (Å²) in [5.74, 6) is 0.114. The highest BCUT2D eigenvalue weighted by Crippen LogP contribution is 2.29. The first-order valence-corrected chi connectivity index (χ1v) is 14.5. The van der Waals surface area contributed by atoms with Gasteiger partial charge in [0.15, 0.2) is 11.6 Å². The van der Waals surface area contributed by atoms with E-state index in [4.69, 9.17) is 4.98 Å². The van der Waals surface area contributed by atoms with Crippen LogP contribution in [-0.4, -0.2) is 87.0 Å². The van der Waals surface area contributed by atoms with Gasteiger partial charge in [0.1, 0.15) is 15.5 Å². The second kappa shape index (κ2) is 10.8. The largest absolute Gasteiger partial charge is 0.395 e. The summed E-state index contributed by atoms with van der Waals surface area (Å²) in [6.45, 7) is 1.19. The van der Waals surface area contributed by atoms with Crippen LogP contribution in [0.3, 0.4) is 0 Å². The van der Waals surface area contributed by atoms with E-state index < -0.39 is 15.7 Å². The molecule has 10 nitrogen and oxygen atoms in total. The summed E-state index contributed by atoms with van der Waals surface area (Å²) in [7, 11) is 0.512. The number of aliphatic hydroxyl groups excluding tert-OH is 1. The molecule has 38 heavy (non-hydrogen) atoms. The number of fused-ring (bicyclic) bond motifs is 1. The van der Waals surface area contributed by atoms with Crippen molar-refractivity contribution >= 4 is 26.7 Å². The monoisotopic (exact) mass is 541 g/mol.